The number of nitrogens with one attached hydrogen (secondary N) is 1. The van der Waals surface area contributed by atoms with E-state index in [0.29, 0.717) is 6.04 Å². The molecule has 1 aliphatic carbocycles. The SMILES string of the molecule is CCC(CCBr)NC(=O)C1Cc2ccccc2C1. The van der Waals surface area contributed by atoms with E-state index >= 15 is 0 Å². The van der Waals surface area contributed by atoms with Crippen LogP contribution in [0.2, 0.25) is 0 Å². The first kappa shape index (κ1) is 13.6. The van der Waals surface area contributed by atoms with Gasteiger partial charge in [-0.25, -0.2) is 0 Å². The molecule has 0 fully saturated rings. The van der Waals surface area contributed by atoms with E-state index in [1.165, 1.54) is 11.1 Å². The number of fused-ring (bicyclic) bond motifs is 1. The third kappa shape index (κ3) is 3.14. The van der Waals surface area contributed by atoms with E-state index in [2.05, 4.69) is 52.4 Å². The molecule has 0 aromatic heterocycles. The molecule has 2 rings (SSSR count). The fraction of sp³-hybridized carbons (Fsp3) is 0.533. The van der Waals surface area contributed by atoms with E-state index in [1.54, 1.807) is 0 Å². The van der Waals surface area contributed by atoms with E-state index in [1.807, 2.05) is 0 Å². The summed E-state index contributed by atoms with van der Waals surface area (Å²) in [7, 11) is 0. The average Bonchev–Trinajstić information content (AvgIpc) is 2.82. The van der Waals surface area contributed by atoms with E-state index in [0.717, 1.165) is 31.0 Å². The molecular formula is C15H20BrNO. The molecule has 1 aliphatic rings. The molecule has 1 atom stereocenters. The standard InChI is InChI=1S/C15H20BrNO/c1-2-14(7-8-16)17-15(18)13-9-11-5-3-4-6-12(11)10-13/h3-6,13-14H,2,7-10H2,1H3,(H,17,18). The highest BCUT2D eigenvalue weighted by Gasteiger charge is 2.27. The van der Waals surface area contributed by atoms with Crippen molar-refractivity contribution in [2.75, 3.05) is 5.33 Å². The van der Waals surface area contributed by atoms with Crippen molar-refractivity contribution in [1.29, 1.82) is 0 Å². The molecule has 3 heteroatoms. The van der Waals surface area contributed by atoms with Crippen LogP contribution in [-0.4, -0.2) is 17.3 Å². The maximum absolute atomic E-state index is 12.2. The third-order valence-electron chi connectivity index (χ3n) is 3.72. The van der Waals surface area contributed by atoms with E-state index in [-0.39, 0.29) is 11.8 Å². The Kier molecular flexibility index (Phi) is 4.81. The van der Waals surface area contributed by atoms with Crippen LogP contribution in [0.4, 0.5) is 0 Å². The Morgan fingerprint density at radius 2 is 2.00 bits per heavy atom. The van der Waals surface area contributed by atoms with Crippen molar-refractivity contribution >= 4 is 21.8 Å². The summed E-state index contributed by atoms with van der Waals surface area (Å²) in [6.45, 7) is 2.12. The zero-order chi connectivity index (χ0) is 13.0. The third-order valence-corrected chi connectivity index (χ3v) is 4.18. The molecule has 0 saturated carbocycles. The molecule has 1 aromatic rings. The van der Waals surface area contributed by atoms with Crippen LogP contribution in [0, 0.1) is 5.92 Å². The predicted molar refractivity (Wildman–Crippen MR) is 78.0 cm³/mol. The number of halogens is 1. The van der Waals surface area contributed by atoms with Gasteiger partial charge >= 0.3 is 0 Å². The molecule has 0 saturated heterocycles. The summed E-state index contributed by atoms with van der Waals surface area (Å²) in [5.41, 5.74) is 2.68. The number of benzene rings is 1. The lowest BCUT2D eigenvalue weighted by Gasteiger charge is -2.18. The van der Waals surface area contributed by atoms with Crippen molar-refractivity contribution in [1.82, 2.24) is 5.32 Å². The first-order valence-corrected chi connectivity index (χ1v) is 7.79. The maximum Gasteiger partial charge on any atom is 0.223 e. The Balaban J connectivity index is 1.92. The number of amides is 1. The van der Waals surface area contributed by atoms with Gasteiger partial charge in [0.1, 0.15) is 0 Å². The van der Waals surface area contributed by atoms with E-state index in [9.17, 15) is 4.79 Å². The normalized spacial score (nSPS) is 16.3. The molecule has 0 heterocycles. The fourth-order valence-corrected chi connectivity index (χ4v) is 3.13. The molecular weight excluding hydrogens is 290 g/mol. The van der Waals surface area contributed by atoms with Crippen molar-refractivity contribution in [2.24, 2.45) is 5.92 Å². The van der Waals surface area contributed by atoms with E-state index in [4.69, 9.17) is 0 Å². The van der Waals surface area contributed by atoms with Crippen LogP contribution in [0.3, 0.4) is 0 Å². The summed E-state index contributed by atoms with van der Waals surface area (Å²) in [6, 6.07) is 8.69. The number of hydrogen-bond acceptors (Lipinski definition) is 1. The minimum Gasteiger partial charge on any atom is -0.353 e. The number of rotatable bonds is 5. The lowest BCUT2D eigenvalue weighted by molar-refractivity contribution is -0.125. The first-order valence-electron chi connectivity index (χ1n) is 6.67. The molecule has 0 bridgehead atoms. The number of carbonyl (C=O) groups excluding carboxylic acids is 1. The molecule has 0 aliphatic heterocycles. The molecule has 2 nitrogen and oxygen atoms in total. The van der Waals surface area contributed by atoms with Gasteiger partial charge in [0.05, 0.1) is 0 Å². The quantitative estimate of drug-likeness (QED) is 0.832. The molecule has 1 unspecified atom stereocenters. The van der Waals surface area contributed by atoms with Gasteiger partial charge < -0.3 is 5.32 Å². The monoisotopic (exact) mass is 309 g/mol. The van der Waals surface area contributed by atoms with Crippen LogP contribution >= 0.6 is 15.9 Å². The Morgan fingerprint density at radius 1 is 1.39 bits per heavy atom. The van der Waals surface area contributed by atoms with Gasteiger partial charge in [-0.3, -0.25) is 4.79 Å². The Bertz CT molecular complexity index is 394. The van der Waals surface area contributed by atoms with Crippen LogP contribution in [0.25, 0.3) is 0 Å². The minimum absolute atomic E-state index is 0.131. The summed E-state index contributed by atoms with van der Waals surface area (Å²) >= 11 is 3.44. The van der Waals surface area contributed by atoms with Gasteiger partial charge in [0, 0.05) is 17.3 Å². The number of hydrogen-bond donors (Lipinski definition) is 1. The lowest BCUT2D eigenvalue weighted by Crippen LogP contribution is -2.39. The number of alkyl halides is 1. The van der Waals surface area contributed by atoms with E-state index < -0.39 is 0 Å². The molecule has 1 amide bonds. The van der Waals surface area contributed by atoms with Crippen molar-refractivity contribution < 1.29 is 4.79 Å². The average molecular weight is 310 g/mol. The van der Waals surface area contributed by atoms with Crippen molar-refractivity contribution in [3.05, 3.63) is 35.4 Å². The maximum atomic E-state index is 12.2. The molecule has 0 radical (unpaired) electrons. The highest BCUT2D eigenvalue weighted by Crippen LogP contribution is 2.26. The fourth-order valence-electron chi connectivity index (χ4n) is 2.57. The molecule has 0 spiro atoms. The Hall–Kier alpha value is -0.830. The van der Waals surface area contributed by atoms with Gasteiger partial charge in [-0.05, 0) is 36.8 Å². The van der Waals surface area contributed by atoms with Crippen LogP contribution < -0.4 is 5.32 Å². The first-order chi connectivity index (χ1) is 8.74. The van der Waals surface area contributed by atoms with Gasteiger partial charge in [-0.15, -0.1) is 0 Å². The Morgan fingerprint density at radius 3 is 2.50 bits per heavy atom. The van der Waals surface area contributed by atoms with Gasteiger partial charge in [-0.1, -0.05) is 47.1 Å². The summed E-state index contributed by atoms with van der Waals surface area (Å²) in [5.74, 6) is 0.353. The van der Waals surface area contributed by atoms with Crippen molar-refractivity contribution in [3.8, 4) is 0 Å². The van der Waals surface area contributed by atoms with Crippen LogP contribution in [0.5, 0.6) is 0 Å². The predicted octanol–water partition coefficient (Wildman–Crippen LogP) is 3.08. The van der Waals surface area contributed by atoms with Gasteiger partial charge in [0.15, 0.2) is 0 Å². The summed E-state index contributed by atoms with van der Waals surface area (Å²) in [5, 5.41) is 4.12. The van der Waals surface area contributed by atoms with Gasteiger partial charge in [0.25, 0.3) is 0 Å². The smallest absolute Gasteiger partial charge is 0.223 e. The van der Waals surface area contributed by atoms with Gasteiger partial charge in [0.2, 0.25) is 5.91 Å². The molecule has 18 heavy (non-hydrogen) atoms. The highest BCUT2D eigenvalue weighted by molar-refractivity contribution is 9.09. The van der Waals surface area contributed by atoms with Gasteiger partial charge in [-0.2, -0.15) is 0 Å². The minimum atomic E-state index is 0.131. The van der Waals surface area contributed by atoms with Crippen LogP contribution in [0.15, 0.2) is 24.3 Å². The zero-order valence-corrected chi connectivity index (χ0v) is 12.4. The topological polar surface area (TPSA) is 29.1 Å². The second kappa shape index (κ2) is 6.37. The largest absolute Gasteiger partial charge is 0.353 e. The lowest BCUT2D eigenvalue weighted by atomic mass is 10.0. The Labute approximate surface area is 117 Å². The van der Waals surface area contributed by atoms with Crippen molar-refractivity contribution in [2.45, 2.75) is 38.6 Å². The second-order valence-corrected chi connectivity index (χ2v) is 5.76. The molecule has 98 valence electrons. The van der Waals surface area contributed by atoms with Crippen LogP contribution in [0.1, 0.15) is 30.9 Å². The second-order valence-electron chi connectivity index (χ2n) is 4.97. The summed E-state index contributed by atoms with van der Waals surface area (Å²) in [6.07, 6.45) is 3.79. The zero-order valence-electron chi connectivity index (χ0n) is 10.8. The van der Waals surface area contributed by atoms with Crippen LogP contribution in [-0.2, 0) is 17.6 Å². The summed E-state index contributed by atoms with van der Waals surface area (Å²) in [4.78, 5) is 12.2. The molecule has 1 N–H and O–H groups in total. The number of carbonyl (C=O) groups is 1. The highest BCUT2D eigenvalue weighted by atomic mass is 79.9. The summed E-state index contributed by atoms with van der Waals surface area (Å²) < 4.78 is 0. The molecule has 1 aromatic carbocycles. The van der Waals surface area contributed by atoms with Crippen molar-refractivity contribution in [3.63, 3.8) is 0 Å².